The summed E-state index contributed by atoms with van der Waals surface area (Å²) in [6.07, 6.45) is 0. The first-order valence-electron chi connectivity index (χ1n) is 4.25. The van der Waals surface area contributed by atoms with Gasteiger partial charge in [-0.15, -0.1) is 0 Å². The van der Waals surface area contributed by atoms with Crippen LogP contribution < -0.4 is 0 Å². The fourth-order valence-corrected chi connectivity index (χ4v) is 1.70. The lowest BCUT2D eigenvalue weighted by Gasteiger charge is -1.98. The minimum atomic E-state index is -0.613. The van der Waals surface area contributed by atoms with E-state index in [1.165, 1.54) is 12.1 Å². The van der Waals surface area contributed by atoms with Gasteiger partial charge < -0.3 is 0 Å². The van der Waals surface area contributed by atoms with E-state index in [0.29, 0.717) is 15.7 Å². The van der Waals surface area contributed by atoms with Gasteiger partial charge in [0.15, 0.2) is 0 Å². The fraction of sp³-hybridized carbons (Fsp3) is 0.100. The van der Waals surface area contributed by atoms with Crippen LogP contribution in [-0.2, 0) is 0 Å². The molecule has 0 amide bonds. The highest BCUT2D eigenvalue weighted by atomic mass is 79.9. The number of nitrogens with zero attached hydrogens (tertiary/aromatic N) is 1. The van der Waals surface area contributed by atoms with E-state index >= 15 is 0 Å². The number of benzene rings is 1. The van der Waals surface area contributed by atoms with Gasteiger partial charge in [0.25, 0.3) is 0 Å². The molecule has 2 nitrogen and oxygen atoms in total. The molecular weight excluding hydrogens is 266 g/mol. The molecule has 78 valence electrons. The number of H-pyrrole nitrogens is 1. The Morgan fingerprint density at radius 2 is 1.80 bits per heavy atom. The van der Waals surface area contributed by atoms with Crippen molar-refractivity contribution in [3.63, 3.8) is 0 Å². The Hall–Kier alpha value is -1.23. The van der Waals surface area contributed by atoms with Crippen molar-refractivity contribution in [1.82, 2.24) is 10.2 Å². The van der Waals surface area contributed by atoms with Gasteiger partial charge in [-0.25, -0.2) is 8.78 Å². The van der Waals surface area contributed by atoms with Gasteiger partial charge in [0.05, 0.1) is 4.47 Å². The van der Waals surface area contributed by atoms with Gasteiger partial charge in [0.1, 0.15) is 17.3 Å². The first-order valence-corrected chi connectivity index (χ1v) is 5.04. The molecule has 0 aliphatic carbocycles. The number of rotatable bonds is 1. The second-order valence-corrected chi connectivity index (χ2v) is 3.96. The maximum atomic E-state index is 13.0. The SMILES string of the molecule is Cc1[nH]nc(-c2cc(F)cc(F)c2)c1Br. The average Bonchev–Trinajstić information content (AvgIpc) is 2.46. The Kier molecular flexibility index (Phi) is 2.56. The lowest BCUT2D eigenvalue weighted by molar-refractivity contribution is 0.584. The van der Waals surface area contributed by atoms with E-state index in [0.717, 1.165) is 11.8 Å². The van der Waals surface area contributed by atoms with Crippen molar-refractivity contribution in [2.45, 2.75) is 6.92 Å². The average molecular weight is 273 g/mol. The van der Waals surface area contributed by atoms with Crippen LogP contribution in [0.25, 0.3) is 11.3 Å². The molecule has 2 rings (SSSR count). The first kappa shape index (κ1) is 10.3. The van der Waals surface area contributed by atoms with E-state index < -0.39 is 11.6 Å². The van der Waals surface area contributed by atoms with E-state index in [1.54, 1.807) is 0 Å². The largest absolute Gasteiger partial charge is 0.281 e. The van der Waals surface area contributed by atoms with E-state index in [4.69, 9.17) is 0 Å². The molecule has 5 heteroatoms. The highest BCUT2D eigenvalue weighted by Gasteiger charge is 2.11. The van der Waals surface area contributed by atoms with Crippen molar-refractivity contribution in [3.8, 4) is 11.3 Å². The molecule has 1 heterocycles. The standard InChI is InChI=1S/C10H7BrF2N2/c1-5-9(11)10(15-14-5)6-2-7(12)4-8(13)3-6/h2-4H,1H3,(H,14,15). The summed E-state index contributed by atoms with van der Waals surface area (Å²) in [4.78, 5) is 0. The summed E-state index contributed by atoms with van der Waals surface area (Å²) >= 11 is 3.30. The molecular formula is C10H7BrF2N2. The summed E-state index contributed by atoms with van der Waals surface area (Å²) in [6.45, 7) is 1.82. The van der Waals surface area contributed by atoms with Crippen molar-refractivity contribution in [2.75, 3.05) is 0 Å². The molecule has 1 aromatic carbocycles. The van der Waals surface area contributed by atoms with E-state index in [1.807, 2.05) is 6.92 Å². The van der Waals surface area contributed by atoms with Gasteiger partial charge in [0.2, 0.25) is 0 Å². The van der Waals surface area contributed by atoms with Gasteiger partial charge in [0, 0.05) is 17.3 Å². The van der Waals surface area contributed by atoms with Crippen molar-refractivity contribution in [1.29, 1.82) is 0 Å². The van der Waals surface area contributed by atoms with Crippen LogP contribution in [0.2, 0.25) is 0 Å². The zero-order chi connectivity index (χ0) is 11.0. The van der Waals surface area contributed by atoms with E-state index in [2.05, 4.69) is 26.1 Å². The second kappa shape index (κ2) is 3.73. The monoisotopic (exact) mass is 272 g/mol. The third-order valence-corrected chi connectivity index (χ3v) is 2.98. The van der Waals surface area contributed by atoms with Gasteiger partial charge >= 0.3 is 0 Å². The molecule has 0 saturated heterocycles. The molecule has 2 aromatic rings. The molecule has 0 aliphatic rings. The van der Waals surface area contributed by atoms with Crippen molar-refractivity contribution < 1.29 is 8.78 Å². The Morgan fingerprint density at radius 1 is 1.20 bits per heavy atom. The summed E-state index contributed by atoms with van der Waals surface area (Å²) in [5, 5.41) is 6.70. The van der Waals surface area contributed by atoms with Crippen molar-refractivity contribution >= 4 is 15.9 Å². The van der Waals surface area contributed by atoms with E-state index in [-0.39, 0.29) is 0 Å². The van der Waals surface area contributed by atoms with Crippen LogP contribution in [0, 0.1) is 18.6 Å². The molecule has 15 heavy (non-hydrogen) atoms. The summed E-state index contributed by atoms with van der Waals surface area (Å²) in [5.74, 6) is -1.23. The van der Waals surface area contributed by atoms with Gasteiger partial charge in [-0.05, 0) is 35.0 Å². The third-order valence-electron chi connectivity index (χ3n) is 2.01. The quantitative estimate of drug-likeness (QED) is 0.847. The van der Waals surface area contributed by atoms with Gasteiger partial charge in [-0.3, -0.25) is 5.10 Å². The van der Waals surface area contributed by atoms with Crippen LogP contribution >= 0.6 is 15.9 Å². The van der Waals surface area contributed by atoms with Crippen LogP contribution in [0.1, 0.15) is 5.69 Å². The minimum Gasteiger partial charge on any atom is -0.281 e. The van der Waals surface area contributed by atoms with Crippen LogP contribution in [-0.4, -0.2) is 10.2 Å². The van der Waals surface area contributed by atoms with E-state index in [9.17, 15) is 8.78 Å². The Balaban J connectivity index is 2.58. The number of aryl methyl sites for hydroxylation is 1. The molecule has 0 bridgehead atoms. The van der Waals surface area contributed by atoms with Crippen LogP contribution in [0.5, 0.6) is 0 Å². The number of aromatic amines is 1. The smallest absolute Gasteiger partial charge is 0.126 e. The number of nitrogens with one attached hydrogen (secondary N) is 1. The normalized spacial score (nSPS) is 10.7. The number of halogens is 3. The maximum Gasteiger partial charge on any atom is 0.126 e. The predicted octanol–water partition coefficient (Wildman–Crippen LogP) is 3.43. The van der Waals surface area contributed by atoms with Crippen LogP contribution in [0.4, 0.5) is 8.78 Å². The minimum absolute atomic E-state index is 0.406. The molecule has 0 fully saturated rings. The van der Waals surface area contributed by atoms with Crippen molar-refractivity contribution in [3.05, 3.63) is 40.0 Å². The molecule has 0 spiro atoms. The predicted molar refractivity (Wildman–Crippen MR) is 56.4 cm³/mol. The fourth-order valence-electron chi connectivity index (χ4n) is 1.30. The zero-order valence-corrected chi connectivity index (χ0v) is 9.40. The Morgan fingerprint density at radius 3 is 2.27 bits per heavy atom. The highest BCUT2D eigenvalue weighted by Crippen LogP contribution is 2.29. The molecule has 1 aromatic heterocycles. The lowest BCUT2D eigenvalue weighted by atomic mass is 10.1. The summed E-state index contributed by atoms with van der Waals surface area (Å²) in [5.41, 5.74) is 1.73. The number of aromatic nitrogens is 2. The maximum absolute atomic E-state index is 13.0. The Labute approximate surface area is 93.4 Å². The number of hydrogen-bond acceptors (Lipinski definition) is 1. The number of hydrogen-bond donors (Lipinski definition) is 1. The van der Waals surface area contributed by atoms with Crippen molar-refractivity contribution in [2.24, 2.45) is 0 Å². The summed E-state index contributed by atoms with van der Waals surface area (Å²) in [6, 6.07) is 3.31. The van der Waals surface area contributed by atoms with Gasteiger partial charge in [-0.1, -0.05) is 0 Å². The molecule has 0 unspecified atom stereocenters. The Bertz CT molecular complexity index is 488. The zero-order valence-electron chi connectivity index (χ0n) is 7.81. The lowest BCUT2D eigenvalue weighted by Crippen LogP contribution is -1.85. The molecule has 0 saturated carbocycles. The topological polar surface area (TPSA) is 28.7 Å². The van der Waals surface area contributed by atoms with Gasteiger partial charge in [-0.2, -0.15) is 5.10 Å². The molecule has 0 radical (unpaired) electrons. The molecule has 0 aliphatic heterocycles. The highest BCUT2D eigenvalue weighted by molar-refractivity contribution is 9.10. The molecule has 0 atom stereocenters. The summed E-state index contributed by atoms with van der Waals surface area (Å²) < 4.78 is 26.6. The van der Waals surface area contributed by atoms with Crippen LogP contribution in [0.15, 0.2) is 22.7 Å². The summed E-state index contributed by atoms with van der Waals surface area (Å²) in [7, 11) is 0. The first-order chi connectivity index (χ1) is 7.08. The second-order valence-electron chi connectivity index (χ2n) is 3.17. The third kappa shape index (κ3) is 1.92. The molecule has 1 N–H and O–H groups in total. The van der Waals surface area contributed by atoms with Crippen LogP contribution in [0.3, 0.4) is 0 Å².